The molecule has 0 aromatic heterocycles. The number of ether oxygens (including phenoxy) is 1. The number of carbonyl (C=O) groups is 1. The molecule has 1 saturated heterocycles. The number of amides is 1. The lowest BCUT2D eigenvalue weighted by atomic mass is 10.1. The Morgan fingerprint density at radius 1 is 1.44 bits per heavy atom. The minimum absolute atomic E-state index is 0.0800. The van der Waals surface area contributed by atoms with Gasteiger partial charge in [-0.1, -0.05) is 23.7 Å². The molecule has 1 aliphatic rings. The molecule has 0 saturated carbocycles. The molecule has 5 heteroatoms. The van der Waals surface area contributed by atoms with E-state index in [1.807, 2.05) is 24.3 Å². The fraction of sp³-hybridized carbons (Fsp3) is 0.462. The van der Waals surface area contributed by atoms with Gasteiger partial charge >= 0.3 is 6.09 Å². The second kappa shape index (κ2) is 6.07. The highest BCUT2D eigenvalue weighted by atomic mass is 35.5. The molecule has 1 atom stereocenters. The van der Waals surface area contributed by atoms with Crippen molar-refractivity contribution in [3.05, 3.63) is 34.9 Å². The molecule has 1 aromatic carbocycles. The van der Waals surface area contributed by atoms with Gasteiger partial charge in [0, 0.05) is 18.1 Å². The number of likely N-dealkylation sites (tertiary alicyclic amines) is 1. The maximum Gasteiger partial charge on any atom is 0.404 e. The molecule has 0 radical (unpaired) electrons. The highest BCUT2D eigenvalue weighted by Crippen LogP contribution is 2.17. The molecule has 0 bridgehead atoms. The van der Waals surface area contributed by atoms with E-state index in [1.165, 1.54) is 5.56 Å². The molecular formula is C13H17ClN2O2. The van der Waals surface area contributed by atoms with Gasteiger partial charge in [-0.2, -0.15) is 0 Å². The number of hydrogen-bond donors (Lipinski definition) is 1. The third kappa shape index (κ3) is 3.89. The number of carbonyl (C=O) groups excluding carboxylic acids is 1. The van der Waals surface area contributed by atoms with Crippen molar-refractivity contribution < 1.29 is 9.53 Å². The molecule has 1 aliphatic heterocycles. The largest absolute Gasteiger partial charge is 0.445 e. The second-order valence-electron chi connectivity index (χ2n) is 4.56. The summed E-state index contributed by atoms with van der Waals surface area (Å²) < 4.78 is 5.05. The summed E-state index contributed by atoms with van der Waals surface area (Å²) in [6.07, 6.45) is 1.14. The van der Waals surface area contributed by atoms with Gasteiger partial charge in [0.05, 0.1) is 0 Å². The summed E-state index contributed by atoms with van der Waals surface area (Å²) in [6.45, 7) is 2.60. The van der Waals surface area contributed by atoms with Crippen molar-refractivity contribution in [3.63, 3.8) is 0 Å². The molecule has 2 rings (SSSR count). The average Bonchev–Trinajstić information content (AvgIpc) is 2.32. The van der Waals surface area contributed by atoms with E-state index in [-0.39, 0.29) is 6.10 Å². The Morgan fingerprint density at radius 2 is 2.17 bits per heavy atom. The number of primary amides is 1. The van der Waals surface area contributed by atoms with E-state index < -0.39 is 6.09 Å². The lowest BCUT2D eigenvalue weighted by Crippen LogP contribution is -2.40. The zero-order valence-corrected chi connectivity index (χ0v) is 10.9. The van der Waals surface area contributed by atoms with Gasteiger partial charge in [-0.15, -0.1) is 0 Å². The molecule has 1 amide bonds. The molecule has 1 aromatic rings. The van der Waals surface area contributed by atoms with Gasteiger partial charge in [0.25, 0.3) is 0 Å². The van der Waals surface area contributed by atoms with Gasteiger partial charge in [0.15, 0.2) is 0 Å². The second-order valence-corrected chi connectivity index (χ2v) is 5.00. The lowest BCUT2D eigenvalue weighted by molar-refractivity contribution is 0.0447. The van der Waals surface area contributed by atoms with Crippen LogP contribution in [0.1, 0.15) is 18.4 Å². The third-order valence-corrected chi connectivity index (χ3v) is 3.32. The standard InChI is InChI=1S/C13H17ClN2O2/c14-11-5-3-10(4-6-11)8-16-7-1-2-12(9-16)18-13(15)17/h3-6,12H,1-2,7-9H2,(H2,15,17)/t12-/m0/s1. The van der Waals surface area contributed by atoms with Crippen LogP contribution >= 0.6 is 11.6 Å². The van der Waals surface area contributed by atoms with Crippen molar-refractivity contribution >= 4 is 17.7 Å². The number of nitrogens with two attached hydrogens (primary N) is 1. The lowest BCUT2D eigenvalue weighted by Gasteiger charge is -2.31. The van der Waals surface area contributed by atoms with Crippen molar-refractivity contribution in [2.24, 2.45) is 5.73 Å². The van der Waals surface area contributed by atoms with E-state index in [9.17, 15) is 4.79 Å². The summed E-state index contributed by atoms with van der Waals surface area (Å²) >= 11 is 5.85. The number of benzene rings is 1. The van der Waals surface area contributed by atoms with Crippen LogP contribution in [0.4, 0.5) is 4.79 Å². The fourth-order valence-corrected chi connectivity index (χ4v) is 2.39. The van der Waals surface area contributed by atoms with Crippen LogP contribution in [0.5, 0.6) is 0 Å². The molecular weight excluding hydrogens is 252 g/mol. The van der Waals surface area contributed by atoms with Crippen LogP contribution in [0.3, 0.4) is 0 Å². The fourth-order valence-electron chi connectivity index (χ4n) is 2.27. The minimum atomic E-state index is -0.687. The Morgan fingerprint density at radius 3 is 2.83 bits per heavy atom. The Labute approximate surface area is 112 Å². The van der Waals surface area contributed by atoms with E-state index in [2.05, 4.69) is 4.90 Å². The van der Waals surface area contributed by atoms with Gasteiger partial charge in [0.2, 0.25) is 0 Å². The maximum atomic E-state index is 10.7. The van der Waals surface area contributed by atoms with E-state index in [0.717, 1.165) is 37.5 Å². The Balaban J connectivity index is 1.89. The van der Waals surface area contributed by atoms with E-state index in [4.69, 9.17) is 22.1 Å². The van der Waals surface area contributed by atoms with Crippen molar-refractivity contribution in [1.29, 1.82) is 0 Å². The topological polar surface area (TPSA) is 55.6 Å². The van der Waals surface area contributed by atoms with Crippen LogP contribution in [0.25, 0.3) is 0 Å². The van der Waals surface area contributed by atoms with Crippen molar-refractivity contribution in [3.8, 4) is 0 Å². The molecule has 4 nitrogen and oxygen atoms in total. The first kappa shape index (κ1) is 13.2. The average molecular weight is 269 g/mol. The van der Waals surface area contributed by atoms with Crippen LogP contribution in [-0.4, -0.2) is 30.2 Å². The first-order valence-electron chi connectivity index (χ1n) is 6.06. The van der Waals surface area contributed by atoms with Crippen molar-refractivity contribution in [2.75, 3.05) is 13.1 Å². The monoisotopic (exact) mass is 268 g/mol. The minimum Gasteiger partial charge on any atom is -0.445 e. The van der Waals surface area contributed by atoms with Crippen LogP contribution in [0.2, 0.25) is 5.02 Å². The molecule has 1 fully saturated rings. The SMILES string of the molecule is NC(=O)O[C@H]1CCCN(Cc2ccc(Cl)cc2)C1. The summed E-state index contributed by atoms with van der Waals surface area (Å²) in [6, 6.07) is 7.80. The van der Waals surface area contributed by atoms with Crippen LogP contribution in [-0.2, 0) is 11.3 Å². The van der Waals surface area contributed by atoms with Crippen LogP contribution < -0.4 is 5.73 Å². The predicted octanol–water partition coefficient (Wildman–Crippen LogP) is 2.40. The van der Waals surface area contributed by atoms with Gasteiger partial charge in [-0.05, 0) is 37.1 Å². The summed E-state index contributed by atoms with van der Waals surface area (Å²) in [4.78, 5) is 13.0. The summed E-state index contributed by atoms with van der Waals surface area (Å²) in [7, 11) is 0. The zero-order valence-electron chi connectivity index (χ0n) is 10.1. The maximum absolute atomic E-state index is 10.7. The third-order valence-electron chi connectivity index (χ3n) is 3.06. The van der Waals surface area contributed by atoms with Gasteiger partial charge in [-0.25, -0.2) is 4.79 Å². The Hall–Kier alpha value is -1.26. The molecule has 98 valence electrons. The molecule has 18 heavy (non-hydrogen) atoms. The molecule has 1 heterocycles. The van der Waals surface area contributed by atoms with Gasteiger partial charge < -0.3 is 10.5 Å². The Bertz CT molecular complexity index is 408. The summed E-state index contributed by atoms with van der Waals surface area (Å²) in [5, 5.41) is 0.743. The van der Waals surface area contributed by atoms with Crippen molar-refractivity contribution in [2.45, 2.75) is 25.5 Å². The highest BCUT2D eigenvalue weighted by molar-refractivity contribution is 6.30. The molecule has 0 spiro atoms. The predicted molar refractivity (Wildman–Crippen MR) is 70.4 cm³/mol. The quantitative estimate of drug-likeness (QED) is 0.916. The molecule has 0 aliphatic carbocycles. The van der Waals surface area contributed by atoms with Gasteiger partial charge in [-0.3, -0.25) is 4.90 Å². The number of hydrogen-bond acceptors (Lipinski definition) is 3. The van der Waals surface area contributed by atoms with Gasteiger partial charge in [0.1, 0.15) is 6.10 Å². The number of rotatable bonds is 3. The number of piperidine rings is 1. The molecule has 2 N–H and O–H groups in total. The normalized spacial score (nSPS) is 20.6. The summed E-state index contributed by atoms with van der Waals surface area (Å²) in [5.74, 6) is 0. The zero-order chi connectivity index (χ0) is 13.0. The van der Waals surface area contributed by atoms with Crippen LogP contribution in [0, 0.1) is 0 Å². The number of nitrogens with zero attached hydrogens (tertiary/aromatic N) is 1. The first-order valence-corrected chi connectivity index (χ1v) is 6.44. The first-order chi connectivity index (χ1) is 8.63. The molecule has 0 unspecified atom stereocenters. The van der Waals surface area contributed by atoms with Crippen molar-refractivity contribution in [1.82, 2.24) is 4.90 Å². The highest BCUT2D eigenvalue weighted by Gasteiger charge is 2.22. The number of halogens is 1. The smallest absolute Gasteiger partial charge is 0.404 e. The van der Waals surface area contributed by atoms with E-state index >= 15 is 0 Å². The summed E-state index contributed by atoms with van der Waals surface area (Å²) in [5.41, 5.74) is 6.25. The van der Waals surface area contributed by atoms with E-state index in [0.29, 0.717) is 0 Å². The van der Waals surface area contributed by atoms with Crippen LogP contribution in [0.15, 0.2) is 24.3 Å². The Kier molecular flexibility index (Phi) is 4.44. The van der Waals surface area contributed by atoms with E-state index in [1.54, 1.807) is 0 Å².